The highest BCUT2D eigenvalue weighted by Gasteiger charge is 2.19. The van der Waals surface area contributed by atoms with E-state index in [9.17, 15) is 9.18 Å². The largest absolute Gasteiger partial charge is 0.493 e. The first-order valence-electron chi connectivity index (χ1n) is 9.25. The van der Waals surface area contributed by atoms with Crippen molar-refractivity contribution in [3.8, 4) is 17.2 Å². The summed E-state index contributed by atoms with van der Waals surface area (Å²) >= 11 is 7.48. The molecule has 0 radical (unpaired) electrons. The van der Waals surface area contributed by atoms with E-state index in [0.29, 0.717) is 40.5 Å². The molecule has 1 aliphatic rings. The topological polar surface area (TPSA) is 82.6 Å². The molecule has 1 amide bonds. The van der Waals surface area contributed by atoms with Gasteiger partial charge in [0.15, 0.2) is 16.5 Å². The lowest BCUT2D eigenvalue weighted by atomic mass is 10.1. The number of carbonyl (C=O) groups is 1. The third kappa shape index (κ3) is 4.95. The molecule has 3 aromatic rings. The van der Waals surface area contributed by atoms with E-state index in [1.165, 1.54) is 12.1 Å². The minimum atomic E-state index is -0.390. The molecular formula is C21H17ClFN3O4S. The van der Waals surface area contributed by atoms with Crippen LogP contribution in [0.2, 0.25) is 0 Å². The van der Waals surface area contributed by atoms with Gasteiger partial charge >= 0.3 is 0 Å². The Bertz CT molecular complexity index is 1120. The molecule has 7 nitrogen and oxygen atoms in total. The molecule has 0 saturated heterocycles. The van der Waals surface area contributed by atoms with Gasteiger partial charge in [0.1, 0.15) is 19.0 Å². The van der Waals surface area contributed by atoms with Gasteiger partial charge in [-0.2, -0.15) is 0 Å². The van der Waals surface area contributed by atoms with Crippen LogP contribution in [0, 0.1) is 5.82 Å². The molecule has 0 bridgehead atoms. The fourth-order valence-electron chi connectivity index (χ4n) is 2.86. The van der Waals surface area contributed by atoms with Crippen LogP contribution < -0.4 is 19.5 Å². The molecule has 0 unspecified atom stereocenters. The summed E-state index contributed by atoms with van der Waals surface area (Å²) in [4.78, 5) is 12.3. The molecule has 160 valence electrons. The lowest BCUT2D eigenvalue weighted by Gasteiger charge is -2.21. The molecule has 1 aromatic heterocycles. The highest BCUT2D eigenvalue weighted by atomic mass is 35.5. The number of fused-ring (bicyclic) bond motifs is 1. The van der Waals surface area contributed by atoms with Crippen LogP contribution in [-0.4, -0.2) is 36.4 Å². The molecule has 1 N–H and O–H groups in total. The minimum absolute atomic E-state index is 0.170. The summed E-state index contributed by atoms with van der Waals surface area (Å²) in [6.45, 7) is 1.15. The number of halogens is 2. The molecule has 2 aromatic carbocycles. The van der Waals surface area contributed by atoms with Gasteiger partial charge in [-0.1, -0.05) is 35.1 Å². The van der Waals surface area contributed by atoms with Crippen molar-refractivity contribution in [1.29, 1.82) is 0 Å². The lowest BCUT2D eigenvalue weighted by molar-refractivity contribution is 0.0950. The molecule has 31 heavy (non-hydrogen) atoms. The average molecular weight is 462 g/mol. The van der Waals surface area contributed by atoms with Crippen LogP contribution in [0.1, 0.15) is 25.9 Å². The Kier molecular flexibility index (Phi) is 6.34. The highest BCUT2D eigenvalue weighted by molar-refractivity contribution is 7.15. The second-order valence-corrected chi connectivity index (χ2v) is 7.85. The number of benzene rings is 2. The predicted octanol–water partition coefficient (Wildman–Crippen LogP) is 4.12. The number of amides is 1. The number of hydrogen-bond acceptors (Lipinski definition) is 7. The van der Waals surface area contributed by atoms with E-state index < -0.39 is 5.91 Å². The molecule has 10 heteroatoms. The van der Waals surface area contributed by atoms with Crippen LogP contribution in [0.5, 0.6) is 17.2 Å². The van der Waals surface area contributed by atoms with Crippen molar-refractivity contribution >= 4 is 40.0 Å². The molecular weight excluding hydrogens is 445 g/mol. The van der Waals surface area contributed by atoms with Crippen molar-refractivity contribution in [3.05, 3.63) is 63.4 Å². The fraction of sp³-hybridized carbons (Fsp3) is 0.190. The van der Waals surface area contributed by atoms with Gasteiger partial charge in [-0.15, -0.1) is 10.2 Å². The van der Waals surface area contributed by atoms with Gasteiger partial charge in [0.05, 0.1) is 12.1 Å². The number of nitrogens with one attached hydrogen (secondary N) is 1. The predicted molar refractivity (Wildman–Crippen MR) is 115 cm³/mol. The Hall–Kier alpha value is -3.17. The third-order valence-electron chi connectivity index (χ3n) is 4.33. The van der Waals surface area contributed by atoms with Crippen LogP contribution in [0.3, 0.4) is 0 Å². The fourth-order valence-corrected chi connectivity index (χ4v) is 3.80. The molecule has 0 spiro atoms. The first kappa shape index (κ1) is 21.1. The van der Waals surface area contributed by atoms with E-state index in [1.54, 1.807) is 37.5 Å². The molecule has 1 aliphatic heterocycles. The molecule has 2 heterocycles. The Labute approximate surface area is 186 Å². The highest BCUT2D eigenvalue weighted by Crippen LogP contribution is 2.41. The van der Waals surface area contributed by atoms with Gasteiger partial charge < -0.3 is 19.5 Å². The maximum absolute atomic E-state index is 13.0. The van der Waals surface area contributed by atoms with E-state index in [2.05, 4.69) is 15.5 Å². The number of ether oxygens (including phenoxy) is 3. The zero-order valence-electron chi connectivity index (χ0n) is 16.4. The number of rotatable bonds is 6. The first-order chi connectivity index (χ1) is 15.0. The zero-order chi connectivity index (χ0) is 21.8. The summed E-state index contributed by atoms with van der Waals surface area (Å²) in [6.07, 6.45) is 1.68. The quantitative estimate of drug-likeness (QED) is 0.594. The van der Waals surface area contributed by atoms with Crippen molar-refractivity contribution in [2.45, 2.75) is 6.54 Å². The SMILES string of the molecule is COc1cc(/C=C(\Cl)c2nnc(C(=O)NCc3ccc(F)cc3)s2)cc2c1OCCO2. The summed E-state index contributed by atoms with van der Waals surface area (Å²) in [5, 5.41) is 11.5. The minimum Gasteiger partial charge on any atom is -0.493 e. The summed E-state index contributed by atoms with van der Waals surface area (Å²) in [6, 6.07) is 9.43. The van der Waals surface area contributed by atoms with Crippen LogP contribution in [0.15, 0.2) is 36.4 Å². The van der Waals surface area contributed by atoms with Crippen LogP contribution in [-0.2, 0) is 6.54 Å². The van der Waals surface area contributed by atoms with Gasteiger partial charge in [0.25, 0.3) is 5.91 Å². The van der Waals surface area contributed by atoms with Crippen molar-refractivity contribution in [1.82, 2.24) is 15.5 Å². The van der Waals surface area contributed by atoms with Crippen molar-refractivity contribution in [3.63, 3.8) is 0 Å². The van der Waals surface area contributed by atoms with Gasteiger partial charge in [0, 0.05) is 6.54 Å². The third-order valence-corrected chi connectivity index (χ3v) is 5.69. The van der Waals surface area contributed by atoms with Crippen molar-refractivity contribution in [2.24, 2.45) is 0 Å². The standard InChI is InChI=1S/C21H17ClFN3O4S/c1-28-16-9-13(10-17-18(16)30-7-6-29-17)8-15(22)20-25-26-21(31-20)19(27)24-11-12-2-4-14(23)5-3-12/h2-5,8-10H,6-7,11H2,1H3,(H,24,27)/b15-8-. The molecule has 4 rings (SSSR count). The number of carbonyl (C=O) groups excluding carboxylic acids is 1. The zero-order valence-corrected chi connectivity index (χ0v) is 17.9. The van der Waals surface area contributed by atoms with Gasteiger partial charge in [0.2, 0.25) is 10.8 Å². The number of methoxy groups -OCH3 is 1. The summed E-state index contributed by atoms with van der Waals surface area (Å²) in [5.74, 6) is 0.933. The Morgan fingerprint density at radius 1 is 1.23 bits per heavy atom. The lowest BCUT2D eigenvalue weighted by Crippen LogP contribution is -2.22. The van der Waals surface area contributed by atoms with Crippen molar-refractivity contribution < 1.29 is 23.4 Å². The molecule has 0 saturated carbocycles. The van der Waals surface area contributed by atoms with E-state index in [4.69, 9.17) is 25.8 Å². The number of hydrogen-bond donors (Lipinski definition) is 1. The Morgan fingerprint density at radius 2 is 1.97 bits per heavy atom. The second kappa shape index (κ2) is 9.32. The summed E-state index contributed by atoms with van der Waals surface area (Å²) < 4.78 is 29.6. The number of aromatic nitrogens is 2. The Balaban J connectivity index is 1.47. The summed E-state index contributed by atoms with van der Waals surface area (Å²) in [7, 11) is 1.55. The number of nitrogens with zero attached hydrogens (tertiary/aromatic N) is 2. The van der Waals surface area contributed by atoms with E-state index in [1.807, 2.05) is 0 Å². The Morgan fingerprint density at radius 3 is 2.74 bits per heavy atom. The van der Waals surface area contributed by atoms with E-state index >= 15 is 0 Å². The van der Waals surface area contributed by atoms with Crippen LogP contribution in [0.4, 0.5) is 4.39 Å². The van der Waals surface area contributed by atoms with E-state index in [0.717, 1.165) is 22.5 Å². The van der Waals surface area contributed by atoms with Gasteiger partial charge in [-0.3, -0.25) is 4.79 Å². The maximum Gasteiger partial charge on any atom is 0.282 e. The monoisotopic (exact) mass is 461 g/mol. The van der Waals surface area contributed by atoms with Crippen LogP contribution in [0.25, 0.3) is 11.1 Å². The maximum atomic E-state index is 13.0. The van der Waals surface area contributed by atoms with Crippen LogP contribution >= 0.6 is 22.9 Å². The second-order valence-electron chi connectivity index (χ2n) is 6.46. The molecule has 0 aliphatic carbocycles. The summed E-state index contributed by atoms with van der Waals surface area (Å²) in [5.41, 5.74) is 1.49. The molecule has 0 atom stereocenters. The average Bonchev–Trinajstić information content (AvgIpc) is 3.28. The molecule has 0 fully saturated rings. The van der Waals surface area contributed by atoms with Gasteiger partial charge in [-0.05, 0) is 41.5 Å². The van der Waals surface area contributed by atoms with E-state index in [-0.39, 0.29) is 17.4 Å². The smallest absolute Gasteiger partial charge is 0.282 e. The van der Waals surface area contributed by atoms with Crippen molar-refractivity contribution in [2.75, 3.05) is 20.3 Å². The first-order valence-corrected chi connectivity index (χ1v) is 10.4. The van der Waals surface area contributed by atoms with Gasteiger partial charge in [-0.25, -0.2) is 4.39 Å². The normalized spacial score (nSPS) is 13.1.